The first-order valence-electron chi connectivity index (χ1n) is 3.98. The van der Waals surface area contributed by atoms with Crippen molar-refractivity contribution < 1.29 is 9.90 Å². The van der Waals surface area contributed by atoms with E-state index in [9.17, 15) is 4.79 Å². The van der Waals surface area contributed by atoms with Crippen molar-refractivity contribution in [2.24, 2.45) is 5.73 Å². The number of nitrogens with zero attached hydrogens (tertiary/aromatic N) is 1. The number of thioether (sulfide) groups is 1. The zero-order valence-corrected chi connectivity index (χ0v) is 7.72. The predicted molar refractivity (Wildman–Crippen MR) is 49.4 cm³/mol. The Bertz CT molecular complexity index is 159. The van der Waals surface area contributed by atoms with Gasteiger partial charge in [-0.2, -0.15) is 11.8 Å². The van der Waals surface area contributed by atoms with E-state index in [0.717, 1.165) is 24.6 Å². The summed E-state index contributed by atoms with van der Waals surface area (Å²) in [6, 6.07) is -0.729. The molecule has 0 radical (unpaired) electrons. The number of carbonyl (C=O) groups is 1. The van der Waals surface area contributed by atoms with Crippen LogP contribution in [0.2, 0.25) is 0 Å². The van der Waals surface area contributed by atoms with Gasteiger partial charge in [0.15, 0.2) is 0 Å². The summed E-state index contributed by atoms with van der Waals surface area (Å²) in [7, 11) is 0. The molecule has 3 N–H and O–H groups in total. The highest BCUT2D eigenvalue weighted by molar-refractivity contribution is 7.99. The second-order valence-electron chi connectivity index (χ2n) is 2.86. The minimum atomic E-state index is -0.909. The summed E-state index contributed by atoms with van der Waals surface area (Å²) >= 11 is 1.90. The van der Waals surface area contributed by atoms with Crippen LogP contribution in [0.3, 0.4) is 0 Å². The molecule has 5 heteroatoms. The third kappa shape index (κ3) is 3.00. The maximum atomic E-state index is 10.4. The molecule has 0 aliphatic carbocycles. The van der Waals surface area contributed by atoms with Crippen LogP contribution in [0, 0.1) is 0 Å². The molecule has 1 atom stereocenters. The van der Waals surface area contributed by atoms with Gasteiger partial charge in [-0.3, -0.25) is 9.69 Å². The fourth-order valence-corrected chi connectivity index (χ4v) is 2.12. The van der Waals surface area contributed by atoms with Crippen molar-refractivity contribution in [1.29, 1.82) is 0 Å². The second-order valence-corrected chi connectivity index (χ2v) is 4.08. The highest BCUT2D eigenvalue weighted by Crippen LogP contribution is 2.08. The molecule has 0 amide bonds. The van der Waals surface area contributed by atoms with Crippen LogP contribution < -0.4 is 5.73 Å². The monoisotopic (exact) mass is 190 g/mol. The van der Waals surface area contributed by atoms with Gasteiger partial charge in [0, 0.05) is 31.1 Å². The molecule has 1 aliphatic rings. The Morgan fingerprint density at radius 3 is 2.67 bits per heavy atom. The number of carboxylic acid groups (broad SMARTS) is 1. The van der Waals surface area contributed by atoms with E-state index in [4.69, 9.17) is 10.8 Å². The van der Waals surface area contributed by atoms with Gasteiger partial charge in [-0.25, -0.2) is 0 Å². The first-order chi connectivity index (χ1) is 5.70. The predicted octanol–water partition coefficient (Wildman–Crippen LogP) is -0.553. The molecule has 70 valence electrons. The van der Waals surface area contributed by atoms with Gasteiger partial charge in [-0.1, -0.05) is 0 Å². The van der Waals surface area contributed by atoms with Crippen molar-refractivity contribution in [1.82, 2.24) is 4.90 Å². The van der Waals surface area contributed by atoms with Gasteiger partial charge in [0.05, 0.1) is 0 Å². The molecular weight excluding hydrogens is 176 g/mol. The highest BCUT2D eigenvalue weighted by Gasteiger charge is 2.17. The molecule has 12 heavy (non-hydrogen) atoms. The lowest BCUT2D eigenvalue weighted by molar-refractivity contribution is -0.138. The molecule has 0 aromatic heterocycles. The number of aliphatic carboxylic acids is 1. The summed E-state index contributed by atoms with van der Waals surface area (Å²) in [6.07, 6.45) is 0. The van der Waals surface area contributed by atoms with Crippen LogP contribution >= 0.6 is 11.8 Å². The van der Waals surface area contributed by atoms with Crippen LogP contribution in [-0.4, -0.2) is 53.2 Å². The maximum Gasteiger partial charge on any atom is 0.321 e. The maximum absolute atomic E-state index is 10.4. The van der Waals surface area contributed by atoms with Crippen LogP contribution in [0.5, 0.6) is 0 Å². The summed E-state index contributed by atoms with van der Waals surface area (Å²) in [5, 5.41) is 8.56. The van der Waals surface area contributed by atoms with E-state index in [1.165, 1.54) is 0 Å². The smallest absolute Gasteiger partial charge is 0.321 e. The Hall–Kier alpha value is -0.260. The lowest BCUT2D eigenvalue weighted by Gasteiger charge is -2.27. The molecule has 1 rings (SSSR count). The number of hydrogen-bond donors (Lipinski definition) is 2. The number of rotatable bonds is 3. The fourth-order valence-electron chi connectivity index (χ4n) is 1.14. The van der Waals surface area contributed by atoms with Gasteiger partial charge in [0.2, 0.25) is 0 Å². The van der Waals surface area contributed by atoms with E-state index in [1.54, 1.807) is 0 Å². The second kappa shape index (κ2) is 4.69. The molecule has 0 aromatic rings. The largest absolute Gasteiger partial charge is 0.480 e. The summed E-state index contributed by atoms with van der Waals surface area (Å²) in [6.45, 7) is 2.41. The van der Waals surface area contributed by atoms with Crippen molar-refractivity contribution in [2.45, 2.75) is 6.04 Å². The van der Waals surface area contributed by atoms with Gasteiger partial charge in [-0.15, -0.1) is 0 Å². The van der Waals surface area contributed by atoms with Crippen molar-refractivity contribution in [3.63, 3.8) is 0 Å². The van der Waals surface area contributed by atoms with Gasteiger partial charge >= 0.3 is 5.97 Å². The zero-order valence-electron chi connectivity index (χ0n) is 6.90. The molecule has 0 bridgehead atoms. The van der Waals surface area contributed by atoms with Gasteiger partial charge in [0.1, 0.15) is 6.04 Å². The molecule has 4 nitrogen and oxygen atoms in total. The van der Waals surface area contributed by atoms with E-state index in [-0.39, 0.29) is 0 Å². The average Bonchev–Trinajstić information content (AvgIpc) is 2.06. The minimum absolute atomic E-state index is 0.482. The molecule has 0 saturated carbocycles. The third-order valence-corrected chi connectivity index (χ3v) is 2.82. The van der Waals surface area contributed by atoms with Crippen LogP contribution in [0.25, 0.3) is 0 Å². The normalized spacial score (nSPS) is 22.1. The summed E-state index contributed by atoms with van der Waals surface area (Å²) in [5.74, 6) is 1.27. The molecule has 1 saturated heterocycles. The SMILES string of the molecule is NC(CN1CCSCC1)C(=O)O. The summed E-state index contributed by atoms with van der Waals surface area (Å²) < 4.78 is 0. The summed E-state index contributed by atoms with van der Waals surface area (Å²) in [5.41, 5.74) is 5.40. The van der Waals surface area contributed by atoms with Crippen molar-refractivity contribution in [3.05, 3.63) is 0 Å². The van der Waals surface area contributed by atoms with E-state index in [2.05, 4.69) is 4.90 Å². The van der Waals surface area contributed by atoms with E-state index in [0.29, 0.717) is 6.54 Å². The minimum Gasteiger partial charge on any atom is -0.480 e. The third-order valence-electron chi connectivity index (χ3n) is 1.88. The molecule has 1 aliphatic heterocycles. The zero-order chi connectivity index (χ0) is 8.97. The Balaban J connectivity index is 2.24. The lowest BCUT2D eigenvalue weighted by atomic mass is 10.3. The average molecular weight is 190 g/mol. The van der Waals surface area contributed by atoms with Crippen LogP contribution in [0.15, 0.2) is 0 Å². The van der Waals surface area contributed by atoms with E-state index in [1.807, 2.05) is 11.8 Å². The lowest BCUT2D eigenvalue weighted by Crippen LogP contribution is -2.45. The number of hydrogen-bond acceptors (Lipinski definition) is 4. The molecule has 0 spiro atoms. The van der Waals surface area contributed by atoms with E-state index >= 15 is 0 Å². The van der Waals surface area contributed by atoms with E-state index < -0.39 is 12.0 Å². The molecule has 0 aromatic carbocycles. The Kier molecular flexibility index (Phi) is 3.84. The van der Waals surface area contributed by atoms with Gasteiger partial charge in [-0.05, 0) is 0 Å². The Morgan fingerprint density at radius 2 is 2.17 bits per heavy atom. The fraction of sp³-hybridized carbons (Fsp3) is 0.857. The standard InChI is InChI=1S/C7H14N2O2S/c8-6(7(10)11)5-9-1-3-12-4-2-9/h6H,1-5,8H2,(H,10,11). The Labute approximate surface area is 76.1 Å². The molecule has 1 heterocycles. The molecular formula is C7H14N2O2S. The van der Waals surface area contributed by atoms with Crippen LogP contribution in [0.1, 0.15) is 0 Å². The van der Waals surface area contributed by atoms with Crippen LogP contribution in [-0.2, 0) is 4.79 Å². The van der Waals surface area contributed by atoms with Crippen molar-refractivity contribution in [3.8, 4) is 0 Å². The summed E-state index contributed by atoms with van der Waals surface area (Å²) in [4.78, 5) is 12.5. The van der Waals surface area contributed by atoms with Gasteiger partial charge < -0.3 is 10.8 Å². The van der Waals surface area contributed by atoms with Crippen molar-refractivity contribution in [2.75, 3.05) is 31.1 Å². The topological polar surface area (TPSA) is 66.6 Å². The quantitative estimate of drug-likeness (QED) is 0.625. The number of nitrogens with two attached hydrogens (primary N) is 1. The highest BCUT2D eigenvalue weighted by atomic mass is 32.2. The molecule has 1 fully saturated rings. The van der Waals surface area contributed by atoms with Crippen molar-refractivity contribution >= 4 is 17.7 Å². The van der Waals surface area contributed by atoms with Gasteiger partial charge in [0.25, 0.3) is 0 Å². The van der Waals surface area contributed by atoms with Crippen LogP contribution in [0.4, 0.5) is 0 Å². The molecule has 1 unspecified atom stereocenters. The first kappa shape index (κ1) is 9.83. The Morgan fingerprint density at radius 1 is 1.58 bits per heavy atom. The first-order valence-corrected chi connectivity index (χ1v) is 5.14. The number of carboxylic acids is 1.